The Morgan fingerprint density at radius 3 is 2.29 bits per heavy atom. The molecule has 3 aromatic carbocycles. The van der Waals surface area contributed by atoms with Crippen LogP contribution in [-0.4, -0.2) is 15.2 Å². The summed E-state index contributed by atoms with van der Waals surface area (Å²) in [7, 11) is 0. The number of phenols is 2. The van der Waals surface area contributed by atoms with Gasteiger partial charge in [-0.2, -0.15) is 0 Å². The predicted molar refractivity (Wildman–Crippen MR) is 112 cm³/mol. The fourth-order valence-corrected chi connectivity index (χ4v) is 3.95. The standard InChI is InChI=1S/C24H16ClNO2/c25-17-8-4-15(5-9-17)21-13-19(14-6-10-18(27)11-7-14)20-12-16-2-1-3-22(28)23(16)24(20)26-21/h1-11,13,27-28H,12H2. The van der Waals surface area contributed by atoms with Crippen LogP contribution in [0, 0.1) is 0 Å². The third kappa shape index (κ3) is 2.72. The predicted octanol–water partition coefficient (Wildman–Crippen LogP) is 6.05. The van der Waals surface area contributed by atoms with Gasteiger partial charge in [0.05, 0.1) is 11.4 Å². The molecule has 0 atom stereocenters. The molecule has 5 rings (SSSR count). The first-order valence-electron chi connectivity index (χ1n) is 9.00. The lowest BCUT2D eigenvalue weighted by Gasteiger charge is -2.13. The second-order valence-corrected chi connectivity index (χ2v) is 7.36. The average molecular weight is 386 g/mol. The van der Waals surface area contributed by atoms with Crippen molar-refractivity contribution in [1.29, 1.82) is 0 Å². The molecule has 1 aliphatic carbocycles. The molecule has 0 fully saturated rings. The number of phenolic OH excluding ortho intramolecular Hbond substituents is 2. The van der Waals surface area contributed by atoms with E-state index in [9.17, 15) is 10.2 Å². The van der Waals surface area contributed by atoms with E-state index >= 15 is 0 Å². The summed E-state index contributed by atoms with van der Waals surface area (Å²) in [4.78, 5) is 4.91. The van der Waals surface area contributed by atoms with Crippen LogP contribution >= 0.6 is 11.6 Å². The van der Waals surface area contributed by atoms with Gasteiger partial charge in [0, 0.05) is 22.6 Å². The smallest absolute Gasteiger partial charge is 0.125 e. The van der Waals surface area contributed by atoms with Gasteiger partial charge in [0.1, 0.15) is 11.5 Å². The number of benzene rings is 3. The van der Waals surface area contributed by atoms with Crippen LogP contribution in [0.2, 0.25) is 5.02 Å². The molecule has 0 saturated carbocycles. The fourth-order valence-electron chi connectivity index (χ4n) is 3.82. The number of fused-ring (bicyclic) bond motifs is 3. The maximum atomic E-state index is 10.5. The van der Waals surface area contributed by atoms with E-state index in [1.54, 1.807) is 18.2 Å². The Morgan fingerprint density at radius 1 is 0.821 bits per heavy atom. The number of halogens is 1. The Balaban J connectivity index is 1.79. The lowest BCUT2D eigenvalue weighted by atomic mass is 9.96. The molecular formula is C24H16ClNO2. The number of nitrogens with zero attached hydrogens (tertiary/aromatic N) is 1. The molecule has 136 valence electrons. The zero-order valence-corrected chi connectivity index (χ0v) is 15.6. The largest absolute Gasteiger partial charge is 0.508 e. The molecule has 1 heterocycles. The number of hydrogen-bond donors (Lipinski definition) is 2. The normalized spacial score (nSPS) is 11.9. The molecule has 0 aliphatic heterocycles. The number of aromatic nitrogens is 1. The molecular weight excluding hydrogens is 370 g/mol. The van der Waals surface area contributed by atoms with Crippen molar-refractivity contribution in [1.82, 2.24) is 4.98 Å². The van der Waals surface area contributed by atoms with Gasteiger partial charge in [-0.25, -0.2) is 4.98 Å². The van der Waals surface area contributed by atoms with Crippen molar-refractivity contribution < 1.29 is 10.2 Å². The van der Waals surface area contributed by atoms with Crippen LogP contribution in [0.3, 0.4) is 0 Å². The molecule has 0 bridgehead atoms. The van der Waals surface area contributed by atoms with Crippen molar-refractivity contribution in [3.8, 4) is 45.1 Å². The minimum Gasteiger partial charge on any atom is -0.508 e. The Morgan fingerprint density at radius 2 is 1.54 bits per heavy atom. The van der Waals surface area contributed by atoms with Gasteiger partial charge in [0.2, 0.25) is 0 Å². The Bertz CT molecular complexity index is 1200. The van der Waals surface area contributed by atoms with Crippen LogP contribution in [0.5, 0.6) is 11.5 Å². The van der Waals surface area contributed by atoms with E-state index < -0.39 is 0 Å². The summed E-state index contributed by atoms with van der Waals surface area (Å²) in [5.41, 5.74) is 7.57. The Labute approximate surface area is 167 Å². The summed E-state index contributed by atoms with van der Waals surface area (Å²) in [5, 5.41) is 20.8. The Hall–Kier alpha value is -3.30. The first-order valence-corrected chi connectivity index (χ1v) is 9.38. The number of hydrogen-bond acceptors (Lipinski definition) is 3. The molecule has 28 heavy (non-hydrogen) atoms. The lowest BCUT2D eigenvalue weighted by molar-refractivity contribution is 0.475. The topological polar surface area (TPSA) is 53.4 Å². The summed E-state index contributed by atoms with van der Waals surface area (Å²) in [6.45, 7) is 0. The van der Waals surface area contributed by atoms with Gasteiger partial charge in [-0.05, 0) is 58.7 Å². The maximum absolute atomic E-state index is 10.5. The zero-order chi connectivity index (χ0) is 19.3. The Kier molecular flexibility index (Phi) is 3.85. The van der Waals surface area contributed by atoms with E-state index in [0.29, 0.717) is 11.4 Å². The summed E-state index contributed by atoms with van der Waals surface area (Å²) in [6, 6.07) is 22.4. The quantitative estimate of drug-likeness (QED) is 0.389. The first-order chi connectivity index (χ1) is 13.6. The highest BCUT2D eigenvalue weighted by Gasteiger charge is 2.27. The van der Waals surface area contributed by atoms with E-state index in [1.165, 1.54) is 0 Å². The van der Waals surface area contributed by atoms with Gasteiger partial charge < -0.3 is 10.2 Å². The molecule has 1 aliphatic rings. The minimum absolute atomic E-state index is 0.230. The molecule has 2 N–H and O–H groups in total. The molecule has 1 aromatic heterocycles. The zero-order valence-electron chi connectivity index (χ0n) is 14.9. The van der Waals surface area contributed by atoms with Gasteiger partial charge in [-0.15, -0.1) is 0 Å². The molecule has 0 radical (unpaired) electrons. The highest BCUT2D eigenvalue weighted by atomic mass is 35.5. The number of pyridine rings is 1. The molecule has 0 saturated heterocycles. The molecule has 0 amide bonds. The summed E-state index contributed by atoms with van der Waals surface area (Å²) in [6.07, 6.45) is 0.711. The van der Waals surface area contributed by atoms with E-state index in [2.05, 4.69) is 6.07 Å². The first kappa shape index (κ1) is 16.8. The molecule has 3 nitrogen and oxygen atoms in total. The van der Waals surface area contributed by atoms with Crippen molar-refractivity contribution in [3.63, 3.8) is 0 Å². The molecule has 4 aromatic rings. The molecule has 4 heteroatoms. The summed E-state index contributed by atoms with van der Waals surface area (Å²) in [5.74, 6) is 0.474. The SMILES string of the molecule is Oc1ccc(-c2cc(-c3ccc(Cl)cc3)nc3c2Cc2cccc(O)c2-3)cc1. The van der Waals surface area contributed by atoms with Gasteiger partial charge in [0.15, 0.2) is 0 Å². The third-order valence-corrected chi connectivity index (χ3v) is 5.43. The van der Waals surface area contributed by atoms with Crippen LogP contribution in [0.4, 0.5) is 0 Å². The van der Waals surface area contributed by atoms with Crippen molar-refractivity contribution in [2.45, 2.75) is 6.42 Å². The number of aromatic hydroxyl groups is 2. The van der Waals surface area contributed by atoms with E-state index in [-0.39, 0.29) is 11.5 Å². The van der Waals surface area contributed by atoms with Gasteiger partial charge in [-0.1, -0.05) is 48.0 Å². The summed E-state index contributed by atoms with van der Waals surface area (Å²) >= 11 is 6.05. The summed E-state index contributed by atoms with van der Waals surface area (Å²) < 4.78 is 0. The van der Waals surface area contributed by atoms with E-state index in [4.69, 9.17) is 16.6 Å². The number of rotatable bonds is 2. The second kappa shape index (κ2) is 6.39. The monoisotopic (exact) mass is 385 g/mol. The second-order valence-electron chi connectivity index (χ2n) is 6.92. The van der Waals surface area contributed by atoms with Crippen molar-refractivity contribution in [2.75, 3.05) is 0 Å². The maximum Gasteiger partial charge on any atom is 0.125 e. The van der Waals surface area contributed by atoms with Gasteiger partial charge in [-0.3, -0.25) is 0 Å². The van der Waals surface area contributed by atoms with Crippen molar-refractivity contribution in [2.24, 2.45) is 0 Å². The average Bonchev–Trinajstić information content (AvgIpc) is 3.08. The van der Waals surface area contributed by atoms with Gasteiger partial charge >= 0.3 is 0 Å². The third-order valence-electron chi connectivity index (χ3n) is 5.18. The van der Waals surface area contributed by atoms with Crippen LogP contribution in [0.1, 0.15) is 11.1 Å². The highest BCUT2D eigenvalue weighted by Crippen LogP contribution is 2.46. The van der Waals surface area contributed by atoms with Crippen LogP contribution < -0.4 is 0 Å². The molecule has 0 unspecified atom stereocenters. The molecule has 0 spiro atoms. The lowest BCUT2D eigenvalue weighted by Crippen LogP contribution is -1.94. The fraction of sp³-hybridized carbons (Fsp3) is 0.0417. The van der Waals surface area contributed by atoms with Crippen LogP contribution in [0.25, 0.3) is 33.6 Å². The van der Waals surface area contributed by atoms with Crippen LogP contribution in [0.15, 0.2) is 72.8 Å². The van der Waals surface area contributed by atoms with Crippen LogP contribution in [-0.2, 0) is 6.42 Å². The highest BCUT2D eigenvalue weighted by molar-refractivity contribution is 6.30. The minimum atomic E-state index is 0.230. The van der Waals surface area contributed by atoms with Crippen molar-refractivity contribution in [3.05, 3.63) is 88.9 Å². The van der Waals surface area contributed by atoms with Gasteiger partial charge in [0.25, 0.3) is 0 Å². The van der Waals surface area contributed by atoms with E-state index in [1.807, 2.05) is 48.5 Å². The van der Waals surface area contributed by atoms with Crippen molar-refractivity contribution >= 4 is 11.6 Å². The van der Waals surface area contributed by atoms with E-state index in [0.717, 1.165) is 44.8 Å².